The Morgan fingerprint density at radius 3 is 2.69 bits per heavy atom. The number of hydrogen-bond acceptors (Lipinski definition) is 4. The third-order valence-corrected chi connectivity index (χ3v) is 3.07. The molecule has 1 aliphatic heterocycles. The second-order valence-corrected chi connectivity index (χ2v) is 3.97. The van der Waals surface area contributed by atoms with Gasteiger partial charge < -0.3 is 9.90 Å². The minimum Gasteiger partial charge on any atom is -0.507 e. The lowest BCUT2D eigenvalue weighted by molar-refractivity contribution is -0.108. The number of aromatic hydroxyl groups is 1. The second-order valence-electron chi connectivity index (χ2n) is 2.97. The van der Waals surface area contributed by atoms with Crippen molar-refractivity contribution in [3.05, 3.63) is 29.8 Å². The quantitative estimate of drug-likeness (QED) is 0.804. The van der Waals surface area contributed by atoms with Crippen LogP contribution in [0.25, 0.3) is 0 Å². The average Bonchev–Trinajstić information content (AvgIpc) is 2.81. The molecule has 0 saturated heterocycles. The van der Waals surface area contributed by atoms with Crippen molar-refractivity contribution in [1.82, 2.24) is 0 Å². The van der Waals surface area contributed by atoms with Crippen LogP contribution in [0.4, 0.5) is 0 Å². The van der Waals surface area contributed by atoms with E-state index in [1.54, 1.807) is 18.2 Å². The molecule has 1 heterocycles. The fourth-order valence-electron chi connectivity index (χ4n) is 1.26. The Hall–Kier alpha value is -1.29. The van der Waals surface area contributed by atoms with Gasteiger partial charge in [-0.25, -0.2) is 0 Å². The highest BCUT2D eigenvalue weighted by atomic mass is 32.2. The summed E-state index contributed by atoms with van der Waals surface area (Å²) in [5.41, 5.74) is 0.710. The zero-order valence-corrected chi connectivity index (χ0v) is 10.2. The molecule has 0 bridgehead atoms. The highest BCUT2D eigenvalue weighted by molar-refractivity contribution is 8.14. The van der Waals surface area contributed by atoms with Gasteiger partial charge >= 0.3 is 0 Å². The summed E-state index contributed by atoms with van der Waals surface area (Å²) in [6, 6.07) is 6.76. The highest BCUT2D eigenvalue weighted by Gasteiger charge is 2.20. The van der Waals surface area contributed by atoms with Crippen LogP contribution in [-0.4, -0.2) is 28.2 Å². The van der Waals surface area contributed by atoms with E-state index in [4.69, 9.17) is 0 Å². The molecule has 2 rings (SSSR count). The fourth-order valence-corrected chi connectivity index (χ4v) is 2.28. The lowest BCUT2D eigenvalue weighted by Gasteiger charge is -2.01. The van der Waals surface area contributed by atoms with Crippen molar-refractivity contribution in [1.29, 1.82) is 0 Å². The van der Waals surface area contributed by atoms with Crippen molar-refractivity contribution < 1.29 is 9.90 Å². The molecule has 0 saturated carbocycles. The molecule has 4 heteroatoms. The first kappa shape index (κ1) is 12.8. The van der Waals surface area contributed by atoms with Crippen molar-refractivity contribution in [2.24, 2.45) is 4.99 Å². The van der Waals surface area contributed by atoms with E-state index in [0.717, 1.165) is 11.3 Å². The molecular formula is C12H15NO2S. The van der Waals surface area contributed by atoms with E-state index in [0.29, 0.717) is 11.3 Å². The van der Waals surface area contributed by atoms with Gasteiger partial charge in [-0.2, -0.15) is 0 Å². The number of rotatable bonds is 2. The number of hydrogen-bond donors (Lipinski definition) is 1. The van der Waals surface area contributed by atoms with Crippen LogP contribution < -0.4 is 0 Å². The number of phenols is 1. The molecule has 0 aromatic heterocycles. The predicted octanol–water partition coefficient (Wildman–Crippen LogP) is 2.48. The molecule has 3 nitrogen and oxygen atoms in total. The van der Waals surface area contributed by atoms with Crippen LogP contribution in [0, 0.1) is 0 Å². The first-order valence-electron chi connectivity index (χ1n) is 5.25. The molecule has 0 fully saturated rings. The van der Waals surface area contributed by atoms with Crippen LogP contribution in [-0.2, 0) is 4.79 Å². The van der Waals surface area contributed by atoms with Crippen molar-refractivity contribution in [3.8, 4) is 5.75 Å². The third kappa shape index (κ3) is 2.85. The average molecular weight is 237 g/mol. The fraction of sp³-hybridized carbons (Fsp3) is 0.333. The van der Waals surface area contributed by atoms with Crippen LogP contribution in [0.3, 0.4) is 0 Å². The minimum atomic E-state index is -0.255. The van der Waals surface area contributed by atoms with E-state index in [1.807, 2.05) is 19.9 Å². The normalized spacial score (nSPS) is 18.4. The molecule has 1 unspecified atom stereocenters. The van der Waals surface area contributed by atoms with Crippen LogP contribution in [0.15, 0.2) is 29.3 Å². The molecule has 16 heavy (non-hydrogen) atoms. The molecule has 86 valence electrons. The molecule has 1 N–H and O–H groups in total. The van der Waals surface area contributed by atoms with Gasteiger partial charge in [-0.05, 0) is 12.1 Å². The maximum atomic E-state index is 10.5. The van der Waals surface area contributed by atoms with Crippen molar-refractivity contribution in [3.63, 3.8) is 0 Å². The number of aldehydes is 1. The van der Waals surface area contributed by atoms with E-state index in [2.05, 4.69) is 4.99 Å². The van der Waals surface area contributed by atoms with Gasteiger partial charge in [-0.15, -0.1) is 11.8 Å². The third-order valence-electron chi connectivity index (χ3n) is 1.97. The molecule has 1 atom stereocenters. The molecule has 0 aliphatic carbocycles. The van der Waals surface area contributed by atoms with Gasteiger partial charge in [0.05, 0.1) is 0 Å². The Morgan fingerprint density at radius 2 is 2.12 bits per heavy atom. The maximum Gasteiger partial charge on any atom is 0.145 e. The zero-order chi connectivity index (χ0) is 12.0. The highest BCUT2D eigenvalue weighted by Crippen LogP contribution is 2.27. The Labute approximate surface area is 99.6 Å². The van der Waals surface area contributed by atoms with E-state index >= 15 is 0 Å². The number of para-hydroxylation sites is 1. The summed E-state index contributed by atoms with van der Waals surface area (Å²) in [6.45, 7) is 4.00. The summed E-state index contributed by atoms with van der Waals surface area (Å²) in [5, 5.41) is 10.3. The van der Waals surface area contributed by atoms with Crippen molar-refractivity contribution in [2.45, 2.75) is 19.9 Å². The smallest absolute Gasteiger partial charge is 0.145 e. The summed E-state index contributed by atoms with van der Waals surface area (Å²) in [5.74, 6) is 0.887. The molecule has 1 aliphatic rings. The van der Waals surface area contributed by atoms with E-state index < -0.39 is 0 Å². The second kappa shape index (κ2) is 6.33. The summed E-state index contributed by atoms with van der Waals surface area (Å²) in [6.07, 6.45) is 0.833. The topological polar surface area (TPSA) is 49.7 Å². The standard InChI is InChI=1S/C10H9NO2S.C2H6/c12-5-7-6-14-10(11-7)8-3-1-2-4-9(8)13;1-2/h1-5,7,13H,6H2;1-2H3. The maximum absolute atomic E-state index is 10.5. The Balaban J connectivity index is 0.000000606. The number of phenolic OH excluding ortho intramolecular Hbond substituents is 1. The summed E-state index contributed by atoms with van der Waals surface area (Å²) in [7, 11) is 0. The minimum absolute atomic E-state index is 0.213. The number of nitrogens with zero attached hydrogens (tertiary/aromatic N) is 1. The van der Waals surface area contributed by atoms with Crippen molar-refractivity contribution in [2.75, 3.05) is 5.75 Å². The molecule has 1 aromatic carbocycles. The number of carbonyl (C=O) groups is 1. The molecule has 1 aromatic rings. The zero-order valence-electron chi connectivity index (χ0n) is 9.38. The van der Waals surface area contributed by atoms with E-state index in [1.165, 1.54) is 11.8 Å². The molecular weight excluding hydrogens is 222 g/mol. The van der Waals surface area contributed by atoms with Gasteiger partial charge in [0.25, 0.3) is 0 Å². The summed E-state index contributed by atoms with van der Waals surface area (Å²) >= 11 is 1.50. The van der Waals surface area contributed by atoms with Crippen LogP contribution >= 0.6 is 11.8 Å². The largest absolute Gasteiger partial charge is 0.507 e. The Morgan fingerprint density at radius 1 is 1.44 bits per heavy atom. The van der Waals surface area contributed by atoms with Gasteiger partial charge in [0.1, 0.15) is 23.1 Å². The van der Waals surface area contributed by atoms with E-state index in [-0.39, 0.29) is 11.8 Å². The monoisotopic (exact) mass is 237 g/mol. The van der Waals surface area contributed by atoms with Gasteiger partial charge in [0, 0.05) is 11.3 Å². The number of aliphatic imine (C=N–C) groups is 1. The van der Waals surface area contributed by atoms with Gasteiger partial charge in [0.15, 0.2) is 0 Å². The SMILES string of the molecule is CC.O=CC1CSC(c2ccccc2O)=N1. The van der Waals surface area contributed by atoms with Gasteiger partial charge in [-0.1, -0.05) is 26.0 Å². The first-order chi connectivity index (χ1) is 7.81. The Kier molecular flexibility index (Phi) is 5.05. The van der Waals surface area contributed by atoms with Crippen LogP contribution in [0.2, 0.25) is 0 Å². The van der Waals surface area contributed by atoms with E-state index in [9.17, 15) is 9.90 Å². The molecule has 0 radical (unpaired) electrons. The first-order valence-corrected chi connectivity index (χ1v) is 6.24. The van der Waals surface area contributed by atoms with Crippen molar-refractivity contribution >= 4 is 23.1 Å². The lowest BCUT2D eigenvalue weighted by atomic mass is 10.2. The van der Waals surface area contributed by atoms with Gasteiger partial charge in [0.2, 0.25) is 0 Å². The molecule has 0 amide bonds. The van der Waals surface area contributed by atoms with Crippen LogP contribution in [0.5, 0.6) is 5.75 Å². The number of carbonyl (C=O) groups excluding carboxylic acids is 1. The van der Waals surface area contributed by atoms with Gasteiger partial charge in [-0.3, -0.25) is 4.99 Å². The molecule has 0 spiro atoms. The summed E-state index contributed by atoms with van der Waals surface area (Å²) in [4.78, 5) is 14.7. The Bertz CT molecular complexity index is 390. The lowest BCUT2D eigenvalue weighted by Crippen LogP contribution is -2.03. The number of benzene rings is 1. The number of thioether (sulfide) groups is 1. The predicted molar refractivity (Wildman–Crippen MR) is 68.3 cm³/mol. The summed E-state index contributed by atoms with van der Waals surface area (Å²) < 4.78 is 0. The van der Waals surface area contributed by atoms with Crippen LogP contribution in [0.1, 0.15) is 19.4 Å².